The minimum Gasteiger partial charge on any atom is -0.396 e. The predicted octanol–water partition coefficient (Wildman–Crippen LogP) is 2.37. The number of aryl methyl sites for hydroxylation is 1. The molecule has 4 heteroatoms. The zero-order valence-corrected chi connectivity index (χ0v) is 11.4. The summed E-state index contributed by atoms with van der Waals surface area (Å²) in [7, 11) is 0. The minimum absolute atomic E-state index is 0.0665. The minimum atomic E-state index is -0.325. The van der Waals surface area contributed by atoms with Crippen LogP contribution in [-0.2, 0) is 0 Å². The molecule has 0 bridgehead atoms. The molecular weight excluding hydrogens is 245 g/mol. The first-order chi connectivity index (χ1) is 9.02. The summed E-state index contributed by atoms with van der Waals surface area (Å²) in [4.78, 5) is 14.3. The Kier molecular flexibility index (Phi) is 4.20. The summed E-state index contributed by atoms with van der Waals surface area (Å²) in [5.74, 6) is -0.238. The number of nitrogens with zero attached hydrogens (tertiary/aromatic N) is 1. The maximum Gasteiger partial charge on any atom is 0.254 e. The van der Waals surface area contributed by atoms with Gasteiger partial charge in [-0.15, -0.1) is 0 Å². The van der Waals surface area contributed by atoms with Crippen molar-refractivity contribution in [1.29, 1.82) is 0 Å². The second-order valence-electron chi connectivity index (χ2n) is 5.39. The second-order valence-corrected chi connectivity index (χ2v) is 5.39. The van der Waals surface area contributed by atoms with Gasteiger partial charge in [-0.25, -0.2) is 4.39 Å². The molecule has 1 aliphatic rings. The number of aliphatic hydroxyl groups excluding tert-OH is 1. The second kappa shape index (κ2) is 5.70. The van der Waals surface area contributed by atoms with E-state index in [9.17, 15) is 14.3 Å². The van der Waals surface area contributed by atoms with Crippen molar-refractivity contribution in [2.75, 3.05) is 13.2 Å². The normalized spacial score (nSPS) is 23.5. The third-order valence-corrected chi connectivity index (χ3v) is 3.92. The Hall–Kier alpha value is -1.42. The molecule has 1 heterocycles. The molecule has 0 radical (unpaired) electrons. The van der Waals surface area contributed by atoms with Crippen molar-refractivity contribution in [3.63, 3.8) is 0 Å². The van der Waals surface area contributed by atoms with Crippen LogP contribution in [0.1, 0.15) is 35.7 Å². The van der Waals surface area contributed by atoms with Gasteiger partial charge >= 0.3 is 0 Å². The first-order valence-electron chi connectivity index (χ1n) is 6.71. The van der Waals surface area contributed by atoms with Gasteiger partial charge in [0.15, 0.2) is 0 Å². The molecular formula is C15H20FNO2. The van der Waals surface area contributed by atoms with Crippen molar-refractivity contribution >= 4 is 5.91 Å². The maximum absolute atomic E-state index is 13.1. The van der Waals surface area contributed by atoms with Gasteiger partial charge in [-0.05, 0) is 56.4 Å². The van der Waals surface area contributed by atoms with Crippen molar-refractivity contribution in [2.45, 2.75) is 32.7 Å². The topological polar surface area (TPSA) is 40.5 Å². The highest BCUT2D eigenvalue weighted by Gasteiger charge is 2.29. The summed E-state index contributed by atoms with van der Waals surface area (Å²) in [6, 6.07) is 4.41. The van der Waals surface area contributed by atoms with Crippen LogP contribution in [-0.4, -0.2) is 35.1 Å². The number of hydrogen-bond acceptors (Lipinski definition) is 2. The van der Waals surface area contributed by atoms with Gasteiger partial charge in [0.25, 0.3) is 5.91 Å². The van der Waals surface area contributed by atoms with E-state index in [1.807, 2.05) is 6.92 Å². The van der Waals surface area contributed by atoms with Crippen LogP contribution >= 0.6 is 0 Å². The van der Waals surface area contributed by atoms with Crippen molar-refractivity contribution in [3.8, 4) is 0 Å². The van der Waals surface area contributed by atoms with Crippen molar-refractivity contribution in [2.24, 2.45) is 5.92 Å². The molecule has 1 fully saturated rings. The smallest absolute Gasteiger partial charge is 0.254 e. The van der Waals surface area contributed by atoms with E-state index in [0.717, 1.165) is 12.8 Å². The third kappa shape index (κ3) is 2.95. The zero-order valence-electron chi connectivity index (χ0n) is 11.4. The van der Waals surface area contributed by atoms with Crippen LogP contribution in [0, 0.1) is 18.7 Å². The van der Waals surface area contributed by atoms with Crippen LogP contribution in [0.3, 0.4) is 0 Å². The SMILES string of the molecule is Cc1cc(F)ccc1C(=O)N1CC(CO)CCC1C. The summed E-state index contributed by atoms with van der Waals surface area (Å²) in [6.45, 7) is 4.45. The van der Waals surface area contributed by atoms with Gasteiger partial charge in [0, 0.05) is 24.8 Å². The fourth-order valence-electron chi connectivity index (χ4n) is 2.64. The van der Waals surface area contributed by atoms with Gasteiger partial charge in [0.2, 0.25) is 0 Å². The number of carbonyl (C=O) groups is 1. The third-order valence-electron chi connectivity index (χ3n) is 3.92. The van der Waals surface area contributed by atoms with E-state index in [0.29, 0.717) is 17.7 Å². The molecule has 2 rings (SSSR count). The van der Waals surface area contributed by atoms with Gasteiger partial charge in [0.05, 0.1) is 0 Å². The fraction of sp³-hybridized carbons (Fsp3) is 0.533. The number of hydrogen-bond donors (Lipinski definition) is 1. The van der Waals surface area contributed by atoms with Gasteiger partial charge < -0.3 is 10.0 Å². The number of halogens is 1. The average molecular weight is 265 g/mol. The Morgan fingerprint density at radius 2 is 2.21 bits per heavy atom. The number of amides is 1. The lowest BCUT2D eigenvalue weighted by molar-refractivity contribution is 0.0488. The highest BCUT2D eigenvalue weighted by molar-refractivity contribution is 5.95. The number of aliphatic hydroxyl groups is 1. The molecule has 2 unspecified atom stereocenters. The molecule has 1 amide bonds. The van der Waals surface area contributed by atoms with E-state index < -0.39 is 0 Å². The van der Waals surface area contributed by atoms with Crippen LogP contribution in [0.2, 0.25) is 0 Å². The summed E-state index contributed by atoms with van der Waals surface area (Å²) in [5.41, 5.74) is 1.20. The van der Waals surface area contributed by atoms with E-state index in [4.69, 9.17) is 0 Å². The lowest BCUT2D eigenvalue weighted by Crippen LogP contribution is -2.46. The number of benzene rings is 1. The van der Waals surface area contributed by atoms with Crippen LogP contribution < -0.4 is 0 Å². The van der Waals surface area contributed by atoms with E-state index >= 15 is 0 Å². The number of carbonyl (C=O) groups excluding carboxylic acids is 1. The molecule has 0 aromatic heterocycles. The number of likely N-dealkylation sites (tertiary alicyclic amines) is 1. The van der Waals surface area contributed by atoms with Crippen molar-refractivity contribution in [1.82, 2.24) is 4.90 Å². The van der Waals surface area contributed by atoms with Crippen molar-refractivity contribution < 1.29 is 14.3 Å². The molecule has 19 heavy (non-hydrogen) atoms. The Labute approximate surface area is 113 Å². The van der Waals surface area contributed by atoms with Crippen molar-refractivity contribution in [3.05, 3.63) is 35.1 Å². The molecule has 1 N–H and O–H groups in total. The van der Waals surface area contributed by atoms with E-state index in [1.165, 1.54) is 12.1 Å². The van der Waals surface area contributed by atoms with Crippen LogP contribution in [0.15, 0.2) is 18.2 Å². The molecule has 104 valence electrons. The van der Waals surface area contributed by atoms with E-state index in [1.54, 1.807) is 17.9 Å². The fourth-order valence-corrected chi connectivity index (χ4v) is 2.64. The molecule has 0 aliphatic carbocycles. The van der Waals surface area contributed by atoms with Crippen LogP contribution in [0.25, 0.3) is 0 Å². The largest absolute Gasteiger partial charge is 0.396 e. The lowest BCUT2D eigenvalue weighted by Gasteiger charge is -2.37. The first kappa shape index (κ1) is 14.0. The Bertz CT molecular complexity index is 475. The molecule has 1 aromatic rings. The Balaban J connectivity index is 2.22. The average Bonchev–Trinajstić information content (AvgIpc) is 2.38. The van der Waals surface area contributed by atoms with Gasteiger partial charge in [0.1, 0.15) is 5.82 Å². The monoisotopic (exact) mass is 265 g/mol. The highest BCUT2D eigenvalue weighted by atomic mass is 19.1. The van der Waals surface area contributed by atoms with E-state index in [-0.39, 0.29) is 30.3 Å². The Morgan fingerprint density at radius 1 is 1.47 bits per heavy atom. The quantitative estimate of drug-likeness (QED) is 0.891. The number of piperidine rings is 1. The molecule has 2 atom stereocenters. The molecule has 0 spiro atoms. The van der Waals surface area contributed by atoms with E-state index in [2.05, 4.69) is 0 Å². The molecule has 3 nitrogen and oxygen atoms in total. The maximum atomic E-state index is 13.1. The van der Waals surface area contributed by atoms with Crippen LogP contribution in [0.4, 0.5) is 4.39 Å². The van der Waals surface area contributed by atoms with Gasteiger partial charge in [-0.3, -0.25) is 4.79 Å². The molecule has 1 aliphatic heterocycles. The predicted molar refractivity (Wildman–Crippen MR) is 71.4 cm³/mol. The molecule has 0 saturated carbocycles. The van der Waals surface area contributed by atoms with Gasteiger partial charge in [-0.2, -0.15) is 0 Å². The summed E-state index contributed by atoms with van der Waals surface area (Å²) < 4.78 is 13.1. The lowest BCUT2D eigenvalue weighted by atomic mass is 9.93. The summed E-state index contributed by atoms with van der Waals surface area (Å²) in [5, 5.41) is 9.25. The standard InChI is InChI=1S/C15H20FNO2/c1-10-7-13(16)5-6-14(10)15(19)17-8-12(9-18)4-3-11(17)2/h5-7,11-12,18H,3-4,8-9H2,1-2H3. The first-order valence-corrected chi connectivity index (χ1v) is 6.71. The number of rotatable bonds is 2. The van der Waals surface area contributed by atoms with Gasteiger partial charge in [-0.1, -0.05) is 0 Å². The summed E-state index contributed by atoms with van der Waals surface area (Å²) in [6.07, 6.45) is 1.85. The van der Waals surface area contributed by atoms with Crippen LogP contribution in [0.5, 0.6) is 0 Å². The highest BCUT2D eigenvalue weighted by Crippen LogP contribution is 2.24. The zero-order chi connectivity index (χ0) is 14.0. The summed E-state index contributed by atoms with van der Waals surface area (Å²) >= 11 is 0. The Morgan fingerprint density at radius 3 is 2.84 bits per heavy atom. The molecule has 1 aromatic carbocycles. The molecule has 1 saturated heterocycles.